The predicted molar refractivity (Wildman–Crippen MR) is 70.8 cm³/mol. The van der Waals surface area contributed by atoms with Crippen LogP contribution in [-0.4, -0.2) is 40.5 Å². The van der Waals surface area contributed by atoms with Crippen LogP contribution < -0.4 is 10.2 Å². The number of nitrogens with one attached hydrogen (secondary N) is 1. The average molecular weight is 298 g/mol. The first kappa shape index (κ1) is 14.3. The van der Waals surface area contributed by atoms with Gasteiger partial charge in [-0.1, -0.05) is 18.5 Å². The van der Waals surface area contributed by atoms with Crippen molar-refractivity contribution in [2.45, 2.75) is 19.4 Å². The third-order valence-electron chi connectivity index (χ3n) is 2.99. The Morgan fingerprint density at radius 1 is 1.55 bits per heavy atom. The Balaban J connectivity index is 2.52. The molecule has 106 valence electrons. The highest BCUT2D eigenvalue weighted by molar-refractivity contribution is 6.29. The minimum absolute atomic E-state index is 0.0278. The van der Waals surface area contributed by atoms with Crippen LogP contribution in [0.25, 0.3) is 0 Å². The van der Waals surface area contributed by atoms with Crippen molar-refractivity contribution in [3.05, 3.63) is 22.8 Å². The van der Waals surface area contributed by atoms with Gasteiger partial charge in [-0.25, -0.2) is 9.78 Å². The van der Waals surface area contributed by atoms with E-state index in [4.69, 9.17) is 11.6 Å². The van der Waals surface area contributed by atoms with Gasteiger partial charge in [0.05, 0.1) is 6.54 Å². The summed E-state index contributed by atoms with van der Waals surface area (Å²) in [6, 6.07) is 2.00. The maximum atomic E-state index is 11.8. The molecule has 20 heavy (non-hydrogen) atoms. The third kappa shape index (κ3) is 2.57. The fraction of sp³-hybridized carbons (Fsp3) is 0.333. The molecule has 1 aromatic rings. The molecule has 2 heterocycles. The van der Waals surface area contributed by atoms with E-state index in [2.05, 4.69) is 10.3 Å². The zero-order valence-electron chi connectivity index (χ0n) is 10.6. The van der Waals surface area contributed by atoms with Crippen molar-refractivity contribution >= 4 is 35.2 Å². The van der Waals surface area contributed by atoms with Gasteiger partial charge in [0.2, 0.25) is 11.8 Å². The lowest BCUT2D eigenvalue weighted by atomic mass is 10.1. The zero-order chi connectivity index (χ0) is 14.9. The second kappa shape index (κ2) is 5.46. The van der Waals surface area contributed by atoms with Crippen LogP contribution in [0.5, 0.6) is 0 Å². The van der Waals surface area contributed by atoms with Crippen molar-refractivity contribution in [3.63, 3.8) is 0 Å². The number of imide groups is 1. The summed E-state index contributed by atoms with van der Waals surface area (Å²) in [4.78, 5) is 39.9. The number of rotatable bonds is 3. The van der Waals surface area contributed by atoms with Crippen LogP contribution in [0.4, 0.5) is 5.82 Å². The van der Waals surface area contributed by atoms with Crippen LogP contribution in [-0.2, 0) is 9.59 Å². The molecule has 2 N–H and O–H groups in total. The number of aromatic nitrogens is 1. The number of piperazine rings is 1. The molecule has 0 radical (unpaired) electrons. The Morgan fingerprint density at radius 3 is 2.85 bits per heavy atom. The number of carboxylic acid groups (broad SMARTS) is 1. The van der Waals surface area contributed by atoms with E-state index in [1.165, 1.54) is 17.0 Å². The number of halogens is 1. The van der Waals surface area contributed by atoms with Crippen molar-refractivity contribution in [1.29, 1.82) is 0 Å². The molecule has 0 aliphatic carbocycles. The van der Waals surface area contributed by atoms with E-state index in [-0.39, 0.29) is 23.1 Å². The van der Waals surface area contributed by atoms with Gasteiger partial charge in [0, 0.05) is 0 Å². The molecule has 2 rings (SSSR count). The van der Waals surface area contributed by atoms with Gasteiger partial charge in [-0.15, -0.1) is 0 Å². The fourth-order valence-electron chi connectivity index (χ4n) is 2.11. The lowest BCUT2D eigenvalue weighted by Gasteiger charge is -2.34. The number of nitrogens with zero attached hydrogens (tertiary/aromatic N) is 2. The van der Waals surface area contributed by atoms with Crippen LogP contribution >= 0.6 is 11.6 Å². The molecule has 1 atom stereocenters. The minimum Gasteiger partial charge on any atom is -0.478 e. The number of amides is 2. The summed E-state index contributed by atoms with van der Waals surface area (Å²) in [5, 5.41) is 11.5. The third-order valence-corrected chi connectivity index (χ3v) is 3.20. The molecule has 1 saturated heterocycles. The summed E-state index contributed by atoms with van der Waals surface area (Å²) in [5.74, 6) is -2.14. The molecule has 7 nitrogen and oxygen atoms in total. The largest absolute Gasteiger partial charge is 0.478 e. The molecule has 1 aromatic heterocycles. The zero-order valence-corrected chi connectivity index (χ0v) is 11.3. The second-order valence-corrected chi connectivity index (χ2v) is 4.66. The van der Waals surface area contributed by atoms with Crippen molar-refractivity contribution < 1.29 is 19.5 Å². The van der Waals surface area contributed by atoms with Crippen LogP contribution in [0.2, 0.25) is 5.15 Å². The van der Waals surface area contributed by atoms with E-state index in [0.717, 1.165) is 0 Å². The maximum Gasteiger partial charge on any atom is 0.339 e. The monoisotopic (exact) mass is 297 g/mol. The highest BCUT2D eigenvalue weighted by atomic mass is 35.5. The molecule has 1 aliphatic heterocycles. The van der Waals surface area contributed by atoms with Crippen LogP contribution in [0.15, 0.2) is 12.1 Å². The molecule has 2 amide bonds. The number of aromatic carboxylic acids is 1. The number of anilines is 1. The second-order valence-electron chi connectivity index (χ2n) is 4.27. The first-order valence-electron chi connectivity index (χ1n) is 5.94. The fourth-order valence-corrected chi connectivity index (χ4v) is 2.25. The summed E-state index contributed by atoms with van der Waals surface area (Å²) in [7, 11) is 0. The Bertz CT molecular complexity index is 590. The quantitative estimate of drug-likeness (QED) is 0.628. The Kier molecular flexibility index (Phi) is 3.89. The summed E-state index contributed by atoms with van der Waals surface area (Å²) >= 11 is 5.79. The van der Waals surface area contributed by atoms with E-state index < -0.39 is 23.8 Å². The number of hydrogen-bond acceptors (Lipinski definition) is 5. The number of carbonyl (C=O) groups excluding carboxylic acids is 2. The van der Waals surface area contributed by atoms with E-state index in [1.54, 1.807) is 6.92 Å². The lowest BCUT2D eigenvalue weighted by Crippen LogP contribution is -2.58. The first-order chi connectivity index (χ1) is 9.43. The van der Waals surface area contributed by atoms with Gasteiger partial charge < -0.3 is 10.0 Å². The van der Waals surface area contributed by atoms with Gasteiger partial charge in [0.15, 0.2) is 0 Å². The summed E-state index contributed by atoms with van der Waals surface area (Å²) in [6.07, 6.45) is 0.409. The molecule has 0 saturated carbocycles. The van der Waals surface area contributed by atoms with E-state index >= 15 is 0 Å². The normalized spacial score (nSPS) is 18.9. The molecule has 1 aliphatic rings. The van der Waals surface area contributed by atoms with Crippen molar-refractivity contribution in [3.8, 4) is 0 Å². The lowest BCUT2D eigenvalue weighted by molar-refractivity contribution is -0.133. The topological polar surface area (TPSA) is 99.6 Å². The first-order valence-corrected chi connectivity index (χ1v) is 6.32. The van der Waals surface area contributed by atoms with Gasteiger partial charge in [0.25, 0.3) is 0 Å². The molecule has 0 spiro atoms. The Hall–Kier alpha value is -2.15. The highest BCUT2D eigenvalue weighted by Gasteiger charge is 2.35. The van der Waals surface area contributed by atoms with E-state index in [9.17, 15) is 19.5 Å². The molecular formula is C12H12ClN3O4. The minimum atomic E-state index is -1.20. The molecular weight excluding hydrogens is 286 g/mol. The molecule has 0 bridgehead atoms. The highest BCUT2D eigenvalue weighted by Crippen LogP contribution is 2.25. The Labute approximate surface area is 119 Å². The van der Waals surface area contributed by atoms with Crippen LogP contribution in [0, 0.1) is 0 Å². The summed E-state index contributed by atoms with van der Waals surface area (Å²) < 4.78 is 0. The number of carbonyl (C=O) groups is 3. The number of carboxylic acids is 1. The van der Waals surface area contributed by atoms with E-state index in [0.29, 0.717) is 6.42 Å². The van der Waals surface area contributed by atoms with Crippen LogP contribution in [0.1, 0.15) is 23.7 Å². The van der Waals surface area contributed by atoms with Gasteiger partial charge in [-0.2, -0.15) is 0 Å². The van der Waals surface area contributed by atoms with Crippen LogP contribution in [0.3, 0.4) is 0 Å². The molecule has 1 fully saturated rings. The van der Waals surface area contributed by atoms with Crippen molar-refractivity contribution in [1.82, 2.24) is 10.3 Å². The van der Waals surface area contributed by atoms with Gasteiger partial charge in [0.1, 0.15) is 22.6 Å². The maximum absolute atomic E-state index is 11.8. The smallest absolute Gasteiger partial charge is 0.339 e. The number of pyridine rings is 1. The standard InChI is InChI=1S/C12H12ClN3O4/c1-2-7-11(18)15-9(17)5-16(7)10-6(12(19)20)3-4-8(13)14-10/h3-4,7H,2,5H2,1H3,(H,19,20)(H,15,17,18). The van der Waals surface area contributed by atoms with Gasteiger partial charge >= 0.3 is 5.97 Å². The summed E-state index contributed by atoms with van der Waals surface area (Å²) in [5.41, 5.74) is -0.102. The molecule has 8 heteroatoms. The van der Waals surface area contributed by atoms with Crippen molar-refractivity contribution in [2.75, 3.05) is 11.4 Å². The SMILES string of the molecule is CCC1C(=O)NC(=O)CN1c1nc(Cl)ccc1C(=O)O. The van der Waals surface area contributed by atoms with Gasteiger partial charge in [-0.05, 0) is 18.6 Å². The van der Waals surface area contributed by atoms with Gasteiger partial charge in [-0.3, -0.25) is 14.9 Å². The summed E-state index contributed by atoms with van der Waals surface area (Å²) in [6.45, 7) is 1.62. The number of hydrogen-bond donors (Lipinski definition) is 2. The average Bonchev–Trinajstić information content (AvgIpc) is 2.37. The molecule has 1 unspecified atom stereocenters. The van der Waals surface area contributed by atoms with Crippen molar-refractivity contribution in [2.24, 2.45) is 0 Å². The Morgan fingerprint density at radius 2 is 2.25 bits per heavy atom. The van der Waals surface area contributed by atoms with E-state index in [1.807, 2.05) is 0 Å². The predicted octanol–water partition coefficient (Wildman–Crippen LogP) is 0.675. The molecule has 0 aromatic carbocycles.